The van der Waals surface area contributed by atoms with Gasteiger partial charge in [-0.1, -0.05) is 30.3 Å². The molecule has 4 rings (SSSR count). The molecule has 1 atom stereocenters. The van der Waals surface area contributed by atoms with E-state index in [1.165, 1.54) is 5.56 Å². The van der Waals surface area contributed by atoms with Gasteiger partial charge in [-0.05, 0) is 37.1 Å². The number of amides is 1. The van der Waals surface area contributed by atoms with Crippen LogP contribution in [0.2, 0.25) is 0 Å². The quantitative estimate of drug-likeness (QED) is 0.863. The molecule has 1 spiro atoms. The van der Waals surface area contributed by atoms with Gasteiger partial charge in [0, 0.05) is 31.9 Å². The highest BCUT2D eigenvalue weighted by molar-refractivity contribution is 5.70. The Morgan fingerprint density at radius 3 is 2.68 bits per heavy atom. The molecule has 5 heteroatoms. The fourth-order valence-electron chi connectivity index (χ4n) is 3.90. The highest BCUT2D eigenvalue weighted by Gasteiger charge is 2.46. The minimum absolute atomic E-state index is 0.193. The van der Waals surface area contributed by atoms with Crippen molar-refractivity contribution in [1.82, 2.24) is 14.8 Å². The Balaban J connectivity index is 1.43. The van der Waals surface area contributed by atoms with Crippen LogP contribution in [0.4, 0.5) is 4.79 Å². The summed E-state index contributed by atoms with van der Waals surface area (Å²) in [5.41, 5.74) is 3.07. The van der Waals surface area contributed by atoms with E-state index in [2.05, 4.69) is 34.1 Å². The van der Waals surface area contributed by atoms with E-state index < -0.39 is 0 Å². The van der Waals surface area contributed by atoms with Gasteiger partial charge in [-0.2, -0.15) is 0 Å². The molecule has 5 nitrogen and oxygen atoms in total. The summed E-state index contributed by atoms with van der Waals surface area (Å²) in [6.07, 6.45) is 3.64. The van der Waals surface area contributed by atoms with Crippen LogP contribution < -0.4 is 0 Å². The lowest BCUT2D eigenvalue weighted by Crippen LogP contribution is -2.50. The van der Waals surface area contributed by atoms with E-state index in [0.717, 1.165) is 43.7 Å². The number of piperidine rings is 1. The second kappa shape index (κ2) is 6.48. The van der Waals surface area contributed by atoms with Gasteiger partial charge in [0.05, 0.1) is 12.2 Å². The molecule has 3 heterocycles. The smallest absolute Gasteiger partial charge is 0.410 e. The maximum Gasteiger partial charge on any atom is 0.410 e. The lowest BCUT2D eigenvalue weighted by molar-refractivity contribution is -0.0113. The van der Waals surface area contributed by atoms with Gasteiger partial charge in [-0.3, -0.25) is 9.88 Å². The molecule has 2 aliphatic heterocycles. The molecular weight excluding hydrogens is 314 g/mol. The van der Waals surface area contributed by atoms with E-state index in [9.17, 15) is 4.79 Å². The van der Waals surface area contributed by atoms with Gasteiger partial charge in [0.15, 0.2) is 0 Å². The molecule has 0 radical (unpaired) electrons. The van der Waals surface area contributed by atoms with Crippen LogP contribution in [0.1, 0.15) is 18.4 Å². The van der Waals surface area contributed by atoms with E-state index in [1.54, 1.807) is 4.90 Å². The minimum atomic E-state index is -0.321. The molecule has 2 aliphatic rings. The van der Waals surface area contributed by atoms with Crippen molar-refractivity contribution in [2.75, 3.05) is 26.7 Å². The first kappa shape index (κ1) is 16.1. The number of benzene rings is 1. The Labute approximate surface area is 148 Å². The van der Waals surface area contributed by atoms with Gasteiger partial charge in [0.1, 0.15) is 5.60 Å². The van der Waals surface area contributed by atoms with Crippen molar-refractivity contribution in [2.24, 2.45) is 0 Å². The highest BCUT2D eigenvalue weighted by Crippen LogP contribution is 2.32. The van der Waals surface area contributed by atoms with Gasteiger partial charge >= 0.3 is 6.09 Å². The summed E-state index contributed by atoms with van der Waals surface area (Å²) in [5, 5.41) is 0. The molecule has 0 bridgehead atoms. The third-order valence-corrected chi connectivity index (χ3v) is 5.08. The molecule has 2 saturated heterocycles. The first-order valence-electron chi connectivity index (χ1n) is 8.80. The number of hydrogen-bond acceptors (Lipinski definition) is 4. The average molecular weight is 337 g/mol. The Morgan fingerprint density at radius 1 is 1.16 bits per heavy atom. The largest absolute Gasteiger partial charge is 0.440 e. The number of ether oxygens (including phenoxy) is 1. The van der Waals surface area contributed by atoms with E-state index in [1.807, 2.05) is 31.4 Å². The second-order valence-corrected chi connectivity index (χ2v) is 7.13. The Kier molecular flexibility index (Phi) is 4.17. The van der Waals surface area contributed by atoms with Crippen LogP contribution in [0.15, 0.2) is 48.7 Å². The maximum absolute atomic E-state index is 11.8. The van der Waals surface area contributed by atoms with Crippen LogP contribution in [0.3, 0.4) is 0 Å². The number of likely N-dealkylation sites (N-methyl/N-ethyl adjacent to an activating group) is 1. The topological polar surface area (TPSA) is 45.7 Å². The molecule has 1 aromatic carbocycles. The van der Waals surface area contributed by atoms with Crippen molar-refractivity contribution >= 4 is 6.09 Å². The van der Waals surface area contributed by atoms with Gasteiger partial charge in [-0.15, -0.1) is 0 Å². The SMILES string of the molecule is CN1C[C@]2(CCCN(Cc3ccc(-c4ccccn4)cc3)C2)OC1=O. The minimum Gasteiger partial charge on any atom is -0.440 e. The fraction of sp³-hybridized carbons (Fsp3) is 0.400. The van der Waals surface area contributed by atoms with Crippen LogP contribution >= 0.6 is 0 Å². The lowest BCUT2D eigenvalue weighted by atomic mass is 9.92. The molecule has 2 aromatic rings. The van der Waals surface area contributed by atoms with Crippen molar-refractivity contribution < 1.29 is 9.53 Å². The highest BCUT2D eigenvalue weighted by atomic mass is 16.6. The zero-order valence-electron chi connectivity index (χ0n) is 14.5. The molecule has 1 aromatic heterocycles. The van der Waals surface area contributed by atoms with Crippen LogP contribution in [0.25, 0.3) is 11.3 Å². The summed E-state index contributed by atoms with van der Waals surface area (Å²) in [4.78, 5) is 20.2. The third kappa shape index (κ3) is 3.37. The number of likely N-dealkylation sites (tertiary alicyclic amines) is 1. The second-order valence-electron chi connectivity index (χ2n) is 7.13. The molecule has 0 unspecified atom stereocenters. The molecule has 0 aliphatic carbocycles. The molecule has 25 heavy (non-hydrogen) atoms. The maximum atomic E-state index is 11.8. The van der Waals surface area contributed by atoms with Crippen molar-refractivity contribution in [3.8, 4) is 11.3 Å². The third-order valence-electron chi connectivity index (χ3n) is 5.08. The van der Waals surface area contributed by atoms with Gasteiger partial charge < -0.3 is 9.64 Å². The summed E-state index contributed by atoms with van der Waals surface area (Å²) in [5.74, 6) is 0. The lowest BCUT2D eigenvalue weighted by Gasteiger charge is -2.38. The standard InChI is InChI=1S/C20H23N3O2/c1-22-14-20(25-19(22)24)10-4-12-23(15-20)13-16-6-8-17(9-7-16)18-5-2-3-11-21-18/h2-3,5-9,11H,4,10,12-15H2,1H3/t20-/m0/s1. The van der Waals surface area contributed by atoms with E-state index in [4.69, 9.17) is 4.74 Å². The van der Waals surface area contributed by atoms with E-state index >= 15 is 0 Å². The molecule has 0 saturated carbocycles. The van der Waals surface area contributed by atoms with Gasteiger partial charge in [0.2, 0.25) is 0 Å². The number of nitrogens with zero attached hydrogens (tertiary/aromatic N) is 3. The van der Waals surface area contributed by atoms with Crippen LogP contribution in [0.5, 0.6) is 0 Å². The number of carbonyl (C=O) groups is 1. The van der Waals surface area contributed by atoms with E-state index in [-0.39, 0.29) is 11.7 Å². The predicted octanol–water partition coefficient (Wildman–Crippen LogP) is 3.17. The first-order chi connectivity index (χ1) is 12.1. The van der Waals surface area contributed by atoms with Gasteiger partial charge in [0.25, 0.3) is 0 Å². The summed E-state index contributed by atoms with van der Waals surface area (Å²) in [6.45, 7) is 3.43. The summed E-state index contributed by atoms with van der Waals surface area (Å²) in [7, 11) is 1.81. The molecule has 130 valence electrons. The monoisotopic (exact) mass is 337 g/mol. The molecule has 0 N–H and O–H groups in total. The summed E-state index contributed by atoms with van der Waals surface area (Å²) < 4.78 is 5.68. The van der Waals surface area contributed by atoms with E-state index in [0.29, 0.717) is 6.54 Å². The van der Waals surface area contributed by atoms with Crippen molar-refractivity contribution in [3.63, 3.8) is 0 Å². The number of aromatic nitrogens is 1. The van der Waals surface area contributed by atoms with Crippen molar-refractivity contribution in [2.45, 2.75) is 25.0 Å². The van der Waals surface area contributed by atoms with Crippen LogP contribution in [0, 0.1) is 0 Å². The number of carbonyl (C=O) groups excluding carboxylic acids is 1. The zero-order valence-corrected chi connectivity index (χ0v) is 14.5. The number of pyridine rings is 1. The molecule has 2 fully saturated rings. The molecule has 1 amide bonds. The van der Waals surface area contributed by atoms with Gasteiger partial charge in [-0.25, -0.2) is 4.79 Å². The Bertz CT molecular complexity index is 747. The molecular formula is C20H23N3O2. The van der Waals surface area contributed by atoms with Crippen molar-refractivity contribution in [1.29, 1.82) is 0 Å². The Hall–Kier alpha value is -2.40. The van der Waals surface area contributed by atoms with Crippen LogP contribution in [-0.2, 0) is 11.3 Å². The average Bonchev–Trinajstić information content (AvgIpc) is 2.89. The summed E-state index contributed by atoms with van der Waals surface area (Å²) >= 11 is 0. The summed E-state index contributed by atoms with van der Waals surface area (Å²) in [6, 6.07) is 14.5. The predicted molar refractivity (Wildman–Crippen MR) is 96.0 cm³/mol. The fourth-order valence-corrected chi connectivity index (χ4v) is 3.90. The van der Waals surface area contributed by atoms with Crippen molar-refractivity contribution in [3.05, 3.63) is 54.2 Å². The van der Waals surface area contributed by atoms with Crippen LogP contribution in [-0.4, -0.2) is 53.2 Å². The normalized spacial score (nSPS) is 23.9. The Morgan fingerprint density at radius 2 is 2.00 bits per heavy atom. The zero-order chi connectivity index (χ0) is 17.3. The first-order valence-corrected chi connectivity index (χ1v) is 8.80. The number of rotatable bonds is 3. The number of hydrogen-bond donors (Lipinski definition) is 0.